The van der Waals surface area contributed by atoms with E-state index in [1.807, 2.05) is 0 Å². The third-order valence-corrected chi connectivity index (χ3v) is 3.80. The zero-order valence-electron chi connectivity index (χ0n) is 9.98. The molecule has 0 saturated carbocycles. The van der Waals surface area contributed by atoms with Gasteiger partial charge in [-0.25, -0.2) is 4.79 Å². The molecule has 0 saturated heterocycles. The lowest BCUT2D eigenvalue weighted by molar-refractivity contribution is -0.138. The second-order valence-electron chi connectivity index (χ2n) is 3.95. The van der Waals surface area contributed by atoms with Crippen molar-refractivity contribution in [3.8, 4) is 0 Å². The summed E-state index contributed by atoms with van der Waals surface area (Å²) in [7, 11) is 0. The maximum atomic E-state index is 11.5. The van der Waals surface area contributed by atoms with Crippen molar-refractivity contribution in [1.29, 1.82) is 0 Å². The first kappa shape index (κ1) is 15.3. The zero-order valence-corrected chi connectivity index (χ0v) is 13.9. The van der Waals surface area contributed by atoms with E-state index in [1.54, 1.807) is 36.5 Å². The Hall–Kier alpha value is -1.11. The van der Waals surface area contributed by atoms with E-state index < -0.39 is 12.0 Å². The molecule has 2 aromatic rings. The molecule has 1 aromatic carbocycles. The van der Waals surface area contributed by atoms with Crippen LogP contribution in [0.1, 0.15) is 11.7 Å². The summed E-state index contributed by atoms with van der Waals surface area (Å²) in [6, 6.07) is 7.64. The number of benzene rings is 1. The Morgan fingerprint density at radius 3 is 2.70 bits per heavy atom. The fourth-order valence-corrected chi connectivity index (χ4v) is 3.04. The second kappa shape index (κ2) is 6.56. The Morgan fingerprint density at radius 1 is 1.35 bits per heavy atom. The summed E-state index contributed by atoms with van der Waals surface area (Å²) in [6.45, 7) is 0. The number of halogens is 3. The number of rotatable bonds is 4. The molecule has 2 N–H and O–H groups in total. The molecule has 0 aliphatic carbocycles. The summed E-state index contributed by atoms with van der Waals surface area (Å²) in [6.07, 6.45) is 1.55. The highest BCUT2D eigenvalue weighted by Gasteiger charge is 2.23. The van der Waals surface area contributed by atoms with Crippen molar-refractivity contribution in [2.24, 2.45) is 0 Å². The van der Waals surface area contributed by atoms with Gasteiger partial charge in [0.05, 0.1) is 5.69 Å². The number of aromatic nitrogens is 1. The first-order valence-electron chi connectivity index (χ1n) is 5.53. The van der Waals surface area contributed by atoms with Crippen LogP contribution in [0.15, 0.2) is 45.5 Å². The number of aliphatic carboxylic acids is 1. The minimum atomic E-state index is -1.03. The summed E-state index contributed by atoms with van der Waals surface area (Å²) < 4.78 is 1.37. The van der Waals surface area contributed by atoms with E-state index >= 15 is 0 Å². The van der Waals surface area contributed by atoms with Crippen molar-refractivity contribution < 1.29 is 9.90 Å². The topological polar surface area (TPSA) is 62.2 Å². The van der Waals surface area contributed by atoms with E-state index in [4.69, 9.17) is 11.6 Å². The summed E-state index contributed by atoms with van der Waals surface area (Å²) in [4.78, 5) is 15.6. The van der Waals surface area contributed by atoms with Crippen molar-refractivity contribution in [2.75, 3.05) is 5.32 Å². The lowest BCUT2D eigenvalue weighted by Crippen LogP contribution is -2.22. The van der Waals surface area contributed by atoms with Gasteiger partial charge in [0.25, 0.3) is 0 Å². The molecule has 0 fully saturated rings. The van der Waals surface area contributed by atoms with Gasteiger partial charge in [0.15, 0.2) is 6.04 Å². The predicted octanol–water partition coefficient (Wildman–Crippen LogP) is 4.50. The van der Waals surface area contributed by atoms with Crippen LogP contribution < -0.4 is 5.32 Å². The lowest BCUT2D eigenvalue weighted by Gasteiger charge is -2.16. The van der Waals surface area contributed by atoms with Crippen molar-refractivity contribution in [1.82, 2.24) is 4.98 Å². The SMILES string of the molecule is O=C(O)C(Nc1cccc(Cl)c1)c1ncc(Br)cc1Br. The average molecular weight is 420 g/mol. The monoisotopic (exact) mass is 418 g/mol. The van der Waals surface area contributed by atoms with E-state index in [2.05, 4.69) is 42.2 Å². The van der Waals surface area contributed by atoms with Gasteiger partial charge in [0, 0.05) is 25.9 Å². The molecule has 0 bridgehead atoms. The number of nitrogens with zero attached hydrogens (tertiary/aromatic N) is 1. The van der Waals surface area contributed by atoms with Crippen molar-refractivity contribution >= 4 is 55.1 Å². The van der Waals surface area contributed by atoms with Crippen LogP contribution in [-0.2, 0) is 4.79 Å². The highest BCUT2D eigenvalue weighted by molar-refractivity contribution is 9.11. The van der Waals surface area contributed by atoms with Gasteiger partial charge in [-0.1, -0.05) is 17.7 Å². The molecule has 1 atom stereocenters. The molecule has 104 valence electrons. The molecule has 2 rings (SSSR count). The molecule has 20 heavy (non-hydrogen) atoms. The van der Waals surface area contributed by atoms with Gasteiger partial charge >= 0.3 is 5.97 Å². The average Bonchev–Trinajstić information content (AvgIpc) is 2.36. The Balaban J connectivity index is 2.34. The smallest absolute Gasteiger partial charge is 0.332 e. The Bertz CT molecular complexity index is 652. The number of hydrogen-bond acceptors (Lipinski definition) is 3. The van der Waals surface area contributed by atoms with Gasteiger partial charge in [-0.3, -0.25) is 4.98 Å². The lowest BCUT2D eigenvalue weighted by atomic mass is 10.1. The molecule has 4 nitrogen and oxygen atoms in total. The normalized spacial score (nSPS) is 11.9. The molecule has 0 spiro atoms. The Kier molecular flexibility index (Phi) is 5.01. The third kappa shape index (κ3) is 3.71. The molecule has 1 unspecified atom stereocenters. The van der Waals surface area contributed by atoms with Crippen LogP contribution in [0.25, 0.3) is 0 Å². The molecule has 0 radical (unpaired) electrons. The fourth-order valence-electron chi connectivity index (χ4n) is 1.63. The molecular weight excluding hydrogens is 411 g/mol. The van der Waals surface area contributed by atoms with Crippen molar-refractivity contribution in [3.63, 3.8) is 0 Å². The number of anilines is 1. The van der Waals surface area contributed by atoms with Crippen molar-refractivity contribution in [3.05, 3.63) is 56.2 Å². The Labute approximate surface area is 137 Å². The van der Waals surface area contributed by atoms with E-state index in [9.17, 15) is 9.90 Å². The number of carboxylic acid groups (broad SMARTS) is 1. The maximum Gasteiger partial charge on any atom is 0.332 e. The third-order valence-electron chi connectivity index (χ3n) is 2.49. The molecule has 0 aliphatic heterocycles. The second-order valence-corrected chi connectivity index (χ2v) is 6.15. The standard InChI is InChI=1S/C13H9Br2ClN2O2/c14-7-4-10(15)11(17-6-7)12(13(19)20)18-9-3-1-2-8(16)5-9/h1-6,12,18H,(H,19,20). The van der Waals surface area contributed by atoms with E-state index in [0.717, 1.165) is 4.47 Å². The van der Waals surface area contributed by atoms with Gasteiger partial charge < -0.3 is 10.4 Å². The molecule has 7 heteroatoms. The van der Waals surface area contributed by atoms with Crippen LogP contribution in [0.3, 0.4) is 0 Å². The number of hydrogen-bond donors (Lipinski definition) is 2. The zero-order chi connectivity index (χ0) is 14.7. The fraction of sp³-hybridized carbons (Fsp3) is 0.0769. The number of carbonyl (C=O) groups is 1. The van der Waals surface area contributed by atoms with Gasteiger partial charge in [-0.05, 0) is 56.1 Å². The first-order chi connectivity index (χ1) is 9.47. The molecular formula is C13H9Br2ClN2O2. The predicted molar refractivity (Wildman–Crippen MR) is 85.1 cm³/mol. The van der Waals surface area contributed by atoms with E-state index in [0.29, 0.717) is 20.9 Å². The maximum absolute atomic E-state index is 11.5. The molecule has 0 amide bonds. The number of carboxylic acids is 1. The molecule has 1 aromatic heterocycles. The highest BCUT2D eigenvalue weighted by atomic mass is 79.9. The minimum Gasteiger partial charge on any atom is -0.479 e. The van der Waals surface area contributed by atoms with Gasteiger partial charge in [-0.2, -0.15) is 0 Å². The Morgan fingerprint density at radius 2 is 2.10 bits per heavy atom. The quantitative estimate of drug-likeness (QED) is 0.765. The summed E-state index contributed by atoms with van der Waals surface area (Å²) in [5.41, 5.74) is 1.00. The first-order valence-corrected chi connectivity index (χ1v) is 7.49. The van der Waals surface area contributed by atoms with Crippen LogP contribution in [0.5, 0.6) is 0 Å². The van der Waals surface area contributed by atoms with Gasteiger partial charge in [-0.15, -0.1) is 0 Å². The van der Waals surface area contributed by atoms with Crippen LogP contribution >= 0.6 is 43.5 Å². The van der Waals surface area contributed by atoms with Crippen LogP contribution in [0, 0.1) is 0 Å². The number of nitrogens with one attached hydrogen (secondary N) is 1. The summed E-state index contributed by atoms with van der Waals surface area (Å²) >= 11 is 12.5. The van der Waals surface area contributed by atoms with Crippen LogP contribution in [-0.4, -0.2) is 16.1 Å². The highest BCUT2D eigenvalue weighted by Crippen LogP contribution is 2.28. The van der Waals surface area contributed by atoms with Gasteiger partial charge in [0.2, 0.25) is 0 Å². The number of pyridine rings is 1. The molecule has 0 aliphatic rings. The minimum absolute atomic E-state index is 0.390. The van der Waals surface area contributed by atoms with Crippen LogP contribution in [0.2, 0.25) is 5.02 Å². The van der Waals surface area contributed by atoms with Crippen LogP contribution in [0.4, 0.5) is 5.69 Å². The summed E-state index contributed by atoms with van der Waals surface area (Å²) in [5, 5.41) is 12.8. The van der Waals surface area contributed by atoms with E-state index in [1.165, 1.54) is 0 Å². The largest absolute Gasteiger partial charge is 0.479 e. The molecule has 1 heterocycles. The van der Waals surface area contributed by atoms with Crippen molar-refractivity contribution in [2.45, 2.75) is 6.04 Å². The summed E-state index contributed by atoms with van der Waals surface area (Å²) in [5.74, 6) is -1.03. The van der Waals surface area contributed by atoms with E-state index in [-0.39, 0.29) is 0 Å². The van der Waals surface area contributed by atoms with Gasteiger partial charge in [0.1, 0.15) is 0 Å².